The van der Waals surface area contributed by atoms with E-state index < -0.39 is 18.6 Å². The first-order valence-electron chi connectivity index (χ1n) is 5.83. The summed E-state index contributed by atoms with van der Waals surface area (Å²) in [7, 11) is 3.06. The number of hydrogen-bond donors (Lipinski definition) is 0. The lowest BCUT2D eigenvalue weighted by Gasteiger charge is -2.22. The van der Waals surface area contributed by atoms with Gasteiger partial charge >= 0.3 is 6.18 Å². The number of amides is 1. The van der Waals surface area contributed by atoms with Gasteiger partial charge in [0.1, 0.15) is 6.54 Å². The molecule has 1 amide bonds. The van der Waals surface area contributed by atoms with E-state index in [2.05, 4.69) is 5.10 Å². The third-order valence-electron chi connectivity index (χ3n) is 2.39. The summed E-state index contributed by atoms with van der Waals surface area (Å²) in [6.45, 7) is -1.37. The molecule has 112 valence electrons. The normalized spacial score (nSPS) is 12.1. The topological polar surface area (TPSA) is 47.4 Å². The molecule has 0 radical (unpaired) electrons. The van der Waals surface area contributed by atoms with Gasteiger partial charge in [-0.25, -0.2) is 0 Å². The van der Waals surface area contributed by atoms with Crippen LogP contribution in [0, 0.1) is 0 Å². The number of aromatic nitrogens is 2. The van der Waals surface area contributed by atoms with Crippen LogP contribution >= 0.6 is 0 Å². The Balaban J connectivity index is 2.69. The van der Waals surface area contributed by atoms with Crippen molar-refractivity contribution in [2.45, 2.75) is 6.18 Å². The molecule has 0 aliphatic carbocycles. The van der Waals surface area contributed by atoms with E-state index in [0.29, 0.717) is 10.5 Å². The number of hydrogen-bond acceptors (Lipinski definition) is 3. The van der Waals surface area contributed by atoms with Crippen LogP contribution < -0.4 is 0 Å². The highest BCUT2D eigenvalue weighted by atomic mass is 19.4. The van der Waals surface area contributed by atoms with Gasteiger partial charge in [-0.3, -0.25) is 9.48 Å². The molecule has 8 heteroatoms. The first kappa shape index (κ1) is 16.2. The fourth-order valence-corrected chi connectivity index (χ4v) is 1.48. The van der Waals surface area contributed by atoms with Crippen LogP contribution in [-0.2, 0) is 16.6 Å². The highest BCUT2D eigenvalue weighted by Gasteiger charge is 2.32. The van der Waals surface area contributed by atoms with Crippen molar-refractivity contribution < 1.29 is 22.7 Å². The molecule has 5 nitrogen and oxygen atoms in total. The number of rotatable bonds is 6. The zero-order valence-electron chi connectivity index (χ0n) is 11.2. The summed E-state index contributed by atoms with van der Waals surface area (Å²) in [6.07, 6.45) is 1.23. The van der Waals surface area contributed by atoms with Gasteiger partial charge in [0.25, 0.3) is 0 Å². The highest BCUT2D eigenvalue weighted by molar-refractivity contribution is 5.91. The fourth-order valence-electron chi connectivity index (χ4n) is 1.48. The average molecular weight is 291 g/mol. The van der Waals surface area contributed by atoms with Crippen LogP contribution in [-0.4, -0.2) is 53.6 Å². The number of ether oxygens (including phenoxy) is 1. The van der Waals surface area contributed by atoms with Crippen LogP contribution in [0.2, 0.25) is 0 Å². The summed E-state index contributed by atoms with van der Waals surface area (Å²) in [5.74, 6) is -0.719. The average Bonchev–Trinajstić information content (AvgIpc) is 2.76. The first-order valence-corrected chi connectivity index (χ1v) is 5.83. The van der Waals surface area contributed by atoms with Crippen LogP contribution in [0.1, 0.15) is 5.56 Å². The Bertz CT molecular complexity index is 469. The Morgan fingerprint density at radius 1 is 1.55 bits per heavy atom. The van der Waals surface area contributed by atoms with Gasteiger partial charge in [-0.15, -0.1) is 0 Å². The number of halogens is 3. The molecule has 0 unspecified atom stereocenters. The third kappa shape index (κ3) is 5.87. The lowest BCUT2D eigenvalue weighted by molar-refractivity contribution is -0.159. The molecule has 1 heterocycles. The molecule has 0 fully saturated rings. The summed E-state index contributed by atoms with van der Waals surface area (Å²) in [5.41, 5.74) is 0.638. The minimum absolute atomic E-state index is 0.0442. The van der Waals surface area contributed by atoms with Crippen LogP contribution in [0.25, 0.3) is 6.08 Å². The van der Waals surface area contributed by atoms with Gasteiger partial charge in [-0.1, -0.05) is 0 Å². The predicted molar refractivity (Wildman–Crippen MR) is 66.8 cm³/mol. The summed E-state index contributed by atoms with van der Waals surface area (Å²) in [4.78, 5) is 12.5. The Kier molecular flexibility index (Phi) is 5.75. The third-order valence-corrected chi connectivity index (χ3v) is 2.39. The van der Waals surface area contributed by atoms with E-state index >= 15 is 0 Å². The summed E-state index contributed by atoms with van der Waals surface area (Å²) in [6, 6.07) is 0. The Labute approximate surface area is 114 Å². The molecule has 20 heavy (non-hydrogen) atoms. The van der Waals surface area contributed by atoms with Crippen molar-refractivity contribution in [1.29, 1.82) is 0 Å². The minimum Gasteiger partial charge on any atom is -0.383 e. The number of carbonyl (C=O) groups is 1. The molecular weight excluding hydrogens is 275 g/mol. The standard InChI is InChI=1S/C12H16F3N3O2/c1-17-8-10(7-16-17)3-4-11(19)18(5-6-20-2)9-12(13,14)15/h3-4,7-8H,5-6,9H2,1-2H3. The quantitative estimate of drug-likeness (QED) is 0.746. The zero-order chi connectivity index (χ0) is 15.2. The molecule has 0 aromatic carbocycles. The van der Waals surface area contributed by atoms with Crippen molar-refractivity contribution in [2.24, 2.45) is 7.05 Å². The van der Waals surface area contributed by atoms with Crippen LogP contribution in [0.5, 0.6) is 0 Å². The number of nitrogens with zero attached hydrogens (tertiary/aromatic N) is 3. The van der Waals surface area contributed by atoms with Gasteiger partial charge in [0, 0.05) is 38.5 Å². The molecule has 0 aliphatic heterocycles. The van der Waals surface area contributed by atoms with Crippen molar-refractivity contribution in [3.05, 3.63) is 24.0 Å². The molecule has 0 aliphatic rings. The number of carbonyl (C=O) groups excluding carboxylic acids is 1. The van der Waals surface area contributed by atoms with Gasteiger partial charge in [-0.05, 0) is 6.08 Å². The second-order valence-electron chi connectivity index (χ2n) is 4.15. The van der Waals surface area contributed by atoms with E-state index in [1.807, 2.05) is 0 Å². The van der Waals surface area contributed by atoms with Gasteiger partial charge in [0.15, 0.2) is 0 Å². The van der Waals surface area contributed by atoms with E-state index in [4.69, 9.17) is 4.74 Å². The van der Waals surface area contributed by atoms with Crippen molar-refractivity contribution >= 4 is 12.0 Å². The molecule has 0 N–H and O–H groups in total. The summed E-state index contributed by atoms with van der Waals surface area (Å²) in [5, 5.41) is 3.89. The lowest BCUT2D eigenvalue weighted by Crippen LogP contribution is -2.40. The van der Waals surface area contributed by atoms with E-state index in [1.165, 1.54) is 24.1 Å². The molecule has 0 saturated carbocycles. The van der Waals surface area contributed by atoms with Crippen molar-refractivity contribution in [3.63, 3.8) is 0 Å². The zero-order valence-corrected chi connectivity index (χ0v) is 11.2. The van der Waals surface area contributed by atoms with Crippen molar-refractivity contribution in [2.75, 3.05) is 26.8 Å². The first-order chi connectivity index (χ1) is 9.31. The maximum absolute atomic E-state index is 12.4. The maximum atomic E-state index is 12.4. The van der Waals surface area contributed by atoms with Gasteiger partial charge in [0.05, 0.1) is 12.8 Å². The molecule has 1 aromatic heterocycles. The van der Waals surface area contributed by atoms with Gasteiger partial charge in [0.2, 0.25) is 5.91 Å². The second-order valence-corrected chi connectivity index (χ2v) is 4.15. The number of aryl methyl sites for hydroxylation is 1. The second kappa shape index (κ2) is 7.09. The van der Waals surface area contributed by atoms with Crippen molar-refractivity contribution in [3.8, 4) is 0 Å². The monoisotopic (exact) mass is 291 g/mol. The molecule has 0 atom stereocenters. The SMILES string of the molecule is COCCN(CC(F)(F)F)C(=O)C=Cc1cnn(C)c1. The summed E-state index contributed by atoms with van der Waals surface area (Å²) >= 11 is 0. The van der Waals surface area contributed by atoms with E-state index in [-0.39, 0.29) is 13.2 Å². The number of alkyl halides is 3. The largest absolute Gasteiger partial charge is 0.406 e. The van der Waals surface area contributed by atoms with E-state index in [1.54, 1.807) is 13.2 Å². The molecule has 0 spiro atoms. The Morgan fingerprint density at radius 2 is 2.25 bits per heavy atom. The van der Waals surface area contributed by atoms with Crippen molar-refractivity contribution in [1.82, 2.24) is 14.7 Å². The fraction of sp³-hybridized carbons (Fsp3) is 0.500. The van der Waals surface area contributed by atoms with Gasteiger partial charge < -0.3 is 9.64 Å². The smallest absolute Gasteiger partial charge is 0.383 e. The Hall–Kier alpha value is -1.83. The van der Waals surface area contributed by atoms with E-state index in [0.717, 1.165) is 6.08 Å². The van der Waals surface area contributed by atoms with Gasteiger partial charge in [-0.2, -0.15) is 18.3 Å². The minimum atomic E-state index is -4.44. The molecule has 1 rings (SSSR count). The summed E-state index contributed by atoms with van der Waals surface area (Å²) < 4.78 is 43.4. The van der Waals surface area contributed by atoms with Crippen LogP contribution in [0.15, 0.2) is 18.5 Å². The molecule has 0 saturated heterocycles. The lowest BCUT2D eigenvalue weighted by atomic mass is 10.3. The molecular formula is C12H16F3N3O2. The van der Waals surface area contributed by atoms with Crippen LogP contribution in [0.3, 0.4) is 0 Å². The predicted octanol–water partition coefficient (Wildman–Crippen LogP) is 1.47. The molecule has 1 aromatic rings. The highest BCUT2D eigenvalue weighted by Crippen LogP contribution is 2.16. The molecule has 0 bridgehead atoms. The number of methoxy groups -OCH3 is 1. The van der Waals surface area contributed by atoms with Crippen LogP contribution in [0.4, 0.5) is 13.2 Å². The van der Waals surface area contributed by atoms with E-state index in [9.17, 15) is 18.0 Å². The maximum Gasteiger partial charge on any atom is 0.406 e. The Morgan fingerprint density at radius 3 is 2.75 bits per heavy atom.